The first-order chi connectivity index (χ1) is 9.40. The molecule has 7 nitrogen and oxygen atoms in total. The van der Waals surface area contributed by atoms with Crippen LogP contribution in [0.4, 0.5) is 0 Å². The lowest BCUT2D eigenvalue weighted by atomic mass is 10.3. The number of rotatable bonds is 3. The van der Waals surface area contributed by atoms with Crippen molar-refractivity contribution in [2.24, 2.45) is 0 Å². The fourth-order valence-corrected chi connectivity index (χ4v) is 1.85. The first-order valence-corrected chi connectivity index (χ1v) is 6.05. The van der Waals surface area contributed by atoms with Crippen molar-refractivity contribution in [3.8, 4) is 23.0 Å². The smallest absolute Gasteiger partial charge is 0.261 e. The van der Waals surface area contributed by atoms with Gasteiger partial charge >= 0.3 is 0 Å². The molecule has 1 aliphatic rings. The van der Waals surface area contributed by atoms with E-state index in [0.717, 1.165) is 5.56 Å². The molecule has 4 rings (SSSR count). The molecule has 94 valence electrons. The van der Waals surface area contributed by atoms with Crippen LogP contribution in [0.1, 0.15) is 18.9 Å². The molecule has 3 aromatic rings. The Morgan fingerprint density at radius 1 is 1.32 bits per heavy atom. The molecule has 0 saturated heterocycles. The summed E-state index contributed by atoms with van der Waals surface area (Å²) in [6.45, 7) is 0. The van der Waals surface area contributed by atoms with Gasteiger partial charge in [0.1, 0.15) is 12.0 Å². The van der Waals surface area contributed by atoms with Gasteiger partial charge in [-0.05, 0) is 18.9 Å². The van der Waals surface area contributed by atoms with Crippen LogP contribution in [-0.4, -0.2) is 29.9 Å². The van der Waals surface area contributed by atoms with Crippen molar-refractivity contribution in [1.82, 2.24) is 29.9 Å². The van der Waals surface area contributed by atoms with Gasteiger partial charge in [0.25, 0.3) is 5.89 Å². The van der Waals surface area contributed by atoms with Crippen LogP contribution in [0.3, 0.4) is 0 Å². The second kappa shape index (κ2) is 3.98. The van der Waals surface area contributed by atoms with Crippen molar-refractivity contribution in [2.45, 2.75) is 18.9 Å². The predicted octanol–water partition coefficient (Wildman–Crippen LogP) is 1.72. The summed E-state index contributed by atoms with van der Waals surface area (Å²) in [7, 11) is 0. The Labute approximate surface area is 108 Å². The quantitative estimate of drug-likeness (QED) is 0.707. The summed E-state index contributed by atoms with van der Waals surface area (Å²) >= 11 is 0. The largest absolute Gasteiger partial charge is 0.333 e. The van der Waals surface area contributed by atoms with E-state index in [1.807, 2.05) is 10.9 Å². The fraction of sp³-hybridized carbons (Fsp3) is 0.250. The molecule has 3 heterocycles. The Hall–Kier alpha value is -2.57. The molecule has 1 saturated carbocycles. The predicted molar refractivity (Wildman–Crippen MR) is 64.8 cm³/mol. The Balaban J connectivity index is 1.66. The SMILES string of the molecule is c1cc(-c2noc(-c3cnn(C4CC4)c3)n2)ncn1. The van der Waals surface area contributed by atoms with E-state index in [1.54, 1.807) is 18.5 Å². The van der Waals surface area contributed by atoms with Crippen LogP contribution in [0, 0.1) is 0 Å². The fourth-order valence-electron chi connectivity index (χ4n) is 1.85. The van der Waals surface area contributed by atoms with Gasteiger partial charge in [0.05, 0.1) is 17.8 Å². The van der Waals surface area contributed by atoms with E-state index in [-0.39, 0.29) is 0 Å². The average Bonchev–Trinajstić information content (AvgIpc) is 3.01. The van der Waals surface area contributed by atoms with Crippen LogP contribution in [0.2, 0.25) is 0 Å². The van der Waals surface area contributed by atoms with E-state index in [2.05, 4.69) is 25.2 Å². The van der Waals surface area contributed by atoms with Crippen LogP contribution >= 0.6 is 0 Å². The van der Waals surface area contributed by atoms with Crippen molar-refractivity contribution in [1.29, 1.82) is 0 Å². The molecule has 0 amide bonds. The minimum Gasteiger partial charge on any atom is -0.333 e. The summed E-state index contributed by atoms with van der Waals surface area (Å²) in [6.07, 6.45) is 9.17. The number of nitrogens with zero attached hydrogens (tertiary/aromatic N) is 6. The number of hydrogen-bond donors (Lipinski definition) is 0. The number of aromatic nitrogens is 6. The average molecular weight is 254 g/mol. The molecule has 0 atom stereocenters. The lowest BCUT2D eigenvalue weighted by Gasteiger charge is -1.92. The monoisotopic (exact) mass is 254 g/mol. The maximum Gasteiger partial charge on any atom is 0.261 e. The molecule has 1 fully saturated rings. The first kappa shape index (κ1) is 10.4. The van der Waals surface area contributed by atoms with E-state index < -0.39 is 0 Å². The van der Waals surface area contributed by atoms with Gasteiger partial charge in [-0.3, -0.25) is 4.68 Å². The van der Waals surface area contributed by atoms with Gasteiger partial charge in [0, 0.05) is 12.4 Å². The summed E-state index contributed by atoms with van der Waals surface area (Å²) in [5, 5.41) is 8.22. The minimum atomic E-state index is 0.455. The summed E-state index contributed by atoms with van der Waals surface area (Å²) in [5.41, 5.74) is 1.47. The van der Waals surface area contributed by atoms with Gasteiger partial charge in [-0.2, -0.15) is 10.1 Å². The second-order valence-corrected chi connectivity index (χ2v) is 4.46. The zero-order valence-electron chi connectivity index (χ0n) is 9.97. The Morgan fingerprint density at radius 3 is 3.05 bits per heavy atom. The third kappa shape index (κ3) is 1.88. The molecule has 0 unspecified atom stereocenters. The Morgan fingerprint density at radius 2 is 2.26 bits per heavy atom. The summed E-state index contributed by atoms with van der Waals surface area (Å²) in [5.74, 6) is 0.914. The normalized spacial score (nSPS) is 14.7. The zero-order chi connectivity index (χ0) is 12.7. The molecular formula is C12H10N6O. The molecule has 0 aromatic carbocycles. The van der Waals surface area contributed by atoms with E-state index in [0.29, 0.717) is 23.5 Å². The molecule has 0 aliphatic heterocycles. The van der Waals surface area contributed by atoms with E-state index in [9.17, 15) is 0 Å². The third-order valence-corrected chi connectivity index (χ3v) is 3.01. The standard InChI is InChI=1S/C12H10N6O/c1-2-9(1)18-6-8(5-15-18)12-16-11(17-19-12)10-3-4-13-7-14-10/h3-7,9H,1-2H2. The van der Waals surface area contributed by atoms with Gasteiger partial charge in [0.2, 0.25) is 5.82 Å². The van der Waals surface area contributed by atoms with Crippen molar-refractivity contribution >= 4 is 0 Å². The molecule has 1 aliphatic carbocycles. The van der Waals surface area contributed by atoms with Crippen molar-refractivity contribution in [3.63, 3.8) is 0 Å². The molecule has 0 bridgehead atoms. The van der Waals surface area contributed by atoms with Gasteiger partial charge in [0.15, 0.2) is 0 Å². The zero-order valence-corrected chi connectivity index (χ0v) is 9.97. The third-order valence-electron chi connectivity index (χ3n) is 3.01. The molecule has 7 heteroatoms. The molecule has 19 heavy (non-hydrogen) atoms. The van der Waals surface area contributed by atoms with Crippen molar-refractivity contribution in [2.75, 3.05) is 0 Å². The van der Waals surface area contributed by atoms with Crippen LogP contribution in [0.5, 0.6) is 0 Å². The minimum absolute atomic E-state index is 0.455. The summed E-state index contributed by atoms with van der Waals surface area (Å²) < 4.78 is 7.19. The highest BCUT2D eigenvalue weighted by molar-refractivity contribution is 5.55. The van der Waals surface area contributed by atoms with Crippen molar-refractivity contribution < 1.29 is 4.52 Å². The van der Waals surface area contributed by atoms with Crippen LogP contribution < -0.4 is 0 Å². The van der Waals surface area contributed by atoms with Gasteiger partial charge < -0.3 is 4.52 Å². The highest BCUT2D eigenvalue weighted by atomic mass is 16.5. The van der Waals surface area contributed by atoms with Crippen LogP contribution in [-0.2, 0) is 0 Å². The second-order valence-electron chi connectivity index (χ2n) is 4.46. The first-order valence-electron chi connectivity index (χ1n) is 6.05. The highest BCUT2D eigenvalue weighted by Gasteiger charge is 2.25. The van der Waals surface area contributed by atoms with E-state index in [4.69, 9.17) is 4.52 Å². The molecule has 0 spiro atoms. The van der Waals surface area contributed by atoms with Gasteiger partial charge in [-0.15, -0.1) is 0 Å². The maximum absolute atomic E-state index is 5.24. The lowest BCUT2D eigenvalue weighted by Crippen LogP contribution is -1.91. The summed E-state index contributed by atoms with van der Waals surface area (Å²) in [4.78, 5) is 12.3. The Kier molecular flexibility index (Phi) is 2.17. The molecule has 0 N–H and O–H groups in total. The topological polar surface area (TPSA) is 82.5 Å². The lowest BCUT2D eigenvalue weighted by molar-refractivity contribution is 0.432. The maximum atomic E-state index is 5.24. The van der Waals surface area contributed by atoms with Crippen LogP contribution in [0.15, 0.2) is 35.5 Å². The van der Waals surface area contributed by atoms with Crippen LogP contribution in [0.25, 0.3) is 23.0 Å². The molecular weight excluding hydrogens is 244 g/mol. The Bertz CT molecular complexity index is 700. The summed E-state index contributed by atoms with van der Waals surface area (Å²) in [6, 6.07) is 2.28. The van der Waals surface area contributed by atoms with E-state index >= 15 is 0 Å². The van der Waals surface area contributed by atoms with Gasteiger partial charge in [-0.1, -0.05) is 5.16 Å². The van der Waals surface area contributed by atoms with Crippen molar-refractivity contribution in [3.05, 3.63) is 31.0 Å². The van der Waals surface area contributed by atoms with Gasteiger partial charge in [-0.25, -0.2) is 9.97 Å². The number of hydrogen-bond acceptors (Lipinski definition) is 6. The molecule has 3 aromatic heterocycles. The molecule has 0 radical (unpaired) electrons. The highest BCUT2D eigenvalue weighted by Crippen LogP contribution is 2.35. The van der Waals surface area contributed by atoms with E-state index in [1.165, 1.54) is 19.2 Å².